The maximum atomic E-state index is 15.6. The lowest BCUT2D eigenvalue weighted by molar-refractivity contribution is -0.134. The second-order valence-corrected chi connectivity index (χ2v) is 8.99. The summed E-state index contributed by atoms with van der Waals surface area (Å²) in [5, 5.41) is 2.96. The van der Waals surface area contributed by atoms with Crippen molar-refractivity contribution in [2.45, 2.75) is 18.8 Å². The van der Waals surface area contributed by atoms with Gasteiger partial charge in [0.15, 0.2) is 0 Å². The van der Waals surface area contributed by atoms with Gasteiger partial charge < -0.3 is 14.8 Å². The number of methoxy groups -OCH3 is 1. The van der Waals surface area contributed by atoms with Crippen LogP contribution in [-0.2, 0) is 19.1 Å². The van der Waals surface area contributed by atoms with E-state index in [1.165, 1.54) is 19.3 Å². The molecule has 3 aromatic rings. The molecular formula is C28H30BFN4O4. The zero-order valence-corrected chi connectivity index (χ0v) is 21.7. The van der Waals surface area contributed by atoms with Gasteiger partial charge in [0.1, 0.15) is 25.3 Å². The Morgan fingerprint density at radius 1 is 1.16 bits per heavy atom. The van der Waals surface area contributed by atoms with E-state index >= 15 is 4.39 Å². The van der Waals surface area contributed by atoms with E-state index in [-0.39, 0.29) is 11.8 Å². The van der Waals surface area contributed by atoms with E-state index < -0.39 is 17.7 Å². The second kappa shape index (κ2) is 12.5. The number of hydrogen-bond donors (Lipinski definition) is 1. The summed E-state index contributed by atoms with van der Waals surface area (Å²) >= 11 is 0. The second-order valence-electron chi connectivity index (χ2n) is 8.99. The molecular weight excluding hydrogens is 486 g/mol. The predicted octanol–water partition coefficient (Wildman–Crippen LogP) is 3.60. The van der Waals surface area contributed by atoms with E-state index in [2.05, 4.69) is 20.0 Å². The Morgan fingerprint density at radius 3 is 2.58 bits per heavy atom. The average Bonchev–Trinajstić information content (AvgIpc) is 2.96. The minimum Gasteiger partial charge on any atom is -0.466 e. The van der Waals surface area contributed by atoms with Gasteiger partial charge in [0, 0.05) is 61.7 Å². The third-order valence-corrected chi connectivity index (χ3v) is 6.63. The van der Waals surface area contributed by atoms with Crippen LogP contribution in [0.25, 0.3) is 17.2 Å². The van der Waals surface area contributed by atoms with E-state index in [9.17, 15) is 9.59 Å². The minimum atomic E-state index is -0.642. The van der Waals surface area contributed by atoms with E-state index in [1.807, 2.05) is 18.2 Å². The third-order valence-electron chi connectivity index (χ3n) is 6.63. The van der Waals surface area contributed by atoms with Gasteiger partial charge in [-0.2, -0.15) is 0 Å². The van der Waals surface area contributed by atoms with Crippen molar-refractivity contribution >= 4 is 37.4 Å². The summed E-state index contributed by atoms with van der Waals surface area (Å²) in [4.78, 5) is 35.7. The van der Waals surface area contributed by atoms with Crippen LogP contribution in [0.5, 0.6) is 0 Å². The summed E-state index contributed by atoms with van der Waals surface area (Å²) in [5.41, 5.74) is 2.49. The van der Waals surface area contributed by atoms with Gasteiger partial charge in [-0.1, -0.05) is 12.1 Å². The highest BCUT2D eigenvalue weighted by Crippen LogP contribution is 2.32. The smallest absolute Gasteiger partial charge is 0.330 e. The number of nitrogens with zero attached hydrogens (tertiary/aromatic N) is 3. The number of esters is 1. The fraction of sp³-hybridized carbons (Fsp3) is 0.286. The van der Waals surface area contributed by atoms with Crippen LogP contribution >= 0.6 is 0 Å². The SMILES string of the molecule is BC(c1ccc(-c2ccc(NC)nc2)cc1F)N(C(=O)C1CCOCC1)c1cc(/C=C/C(=O)OC)ccn1. The predicted molar refractivity (Wildman–Crippen MR) is 147 cm³/mol. The zero-order valence-electron chi connectivity index (χ0n) is 21.7. The molecule has 3 heterocycles. The Kier molecular flexibility index (Phi) is 8.86. The molecule has 196 valence electrons. The number of amides is 1. The fourth-order valence-corrected chi connectivity index (χ4v) is 4.44. The van der Waals surface area contributed by atoms with Crippen molar-refractivity contribution in [2.24, 2.45) is 5.92 Å². The Balaban J connectivity index is 1.69. The maximum Gasteiger partial charge on any atom is 0.330 e. The Hall–Kier alpha value is -4.05. The van der Waals surface area contributed by atoms with Gasteiger partial charge in [0.25, 0.3) is 0 Å². The zero-order chi connectivity index (χ0) is 27.1. The van der Waals surface area contributed by atoms with Crippen LogP contribution in [-0.4, -0.2) is 57.1 Å². The molecule has 4 rings (SSSR count). The first-order chi connectivity index (χ1) is 18.4. The highest BCUT2D eigenvalue weighted by Gasteiger charge is 2.32. The quantitative estimate of drug-likeness (QED) is 0.278. The van der Waals surface area contributed by atoms with Crippen LogP contribution in [0, 0.1) is 11.7 Å². The summed E-state index contributed by atoms with van der Waals surface area (Å²) in [5.74, 6) is -0.881. The molecule has 1 aliphatic heterocycles. The summed E-state index contributed by atoms with van der Waals surface area (Å²) in [6.07, 6.45) is 7.29. The first kappa shape index (κ1) is 27.0. The van der Waals surface area contributed by atoms with Crippen molar-refractivity contribution in [1.29, 1.82) is 0 Å². The van der Waals surface area contributed by atoms with E-state index in [4.69, 9.17) is 4.74 Å². The minimum absolute atomic E-state index is 0.141. The first-order valence-corrected chi connectivity index (χ1v) is 12.5. The lowest BCUT2D eigenvalue weighted by Gasteiger charge is -2.34. The molecule has 38 heavy (non-hydrogen) atoms. The molecule has 0 bridgehead atoms. The number of nitrogens with one attached hydrogen (secondary N) is 1. The monoisotopic (exact) mass is 516 g/mol. The average molecular weight is 516 g/mol. The van der Waals surface area contributed by atoms with E-state index in [1.54, 1.807) is 56.5 Å². The lowest BCUT2D eigenvalue weighted by atomic mass is 9.84. The highest BCUT2D eigenvalue weighted by atomic mass is 19.1. The van der Waals surface area contributed by atoms with Crippen molar-refractivity contribution in [3.8, 4) is 11.1 Å². The molecule has 1 amide bonds. The number of hydrogen-bond acceptors (Lipinski definition) is 7. The Labute approximate surface area is 222 Å². The Bertz CT molecular complexity index is 1310. The number of ether oxygens (including phenoxy) is 2. The van der Waals surface area contributed by atoms with Gasteiger partial charge in [-0.25, -0.2) is 19.2 Å². The fourth-order valence-electron chi connectivity index (χ4n) is 4.44. The number of carbonyl (C=O) groups excluding carboxylic acids is 2. The van der Waals surface area contributed by atoms with Gasteiger partial charge in [0.2, 0.25) is 5.91 Å². The van der Waals surface area contributed by atoms with Crippen molar-refractivity contribution < 1.29 is 23.5 Å². The van der Waals surface area contributed by atoms with Crippen LogP contribution in [0.3, 0.4) is 0 Å². The molecule has 8 nitrogen and oxygen atoms in total. The molecule has 10 heteroatoms. The maximum absolute atomic E-state index is 15.6. The summed E-state index contributed by atoms with van der Waals surface area (Å²) < 4.78 is 25.7. The van der Waals surface area contributed by atoms with Crippen LogP contribution < -0.4 is 10.2 Å². The molecule has 1 N–H and O–H groups in total. The van der Waals surface area contributed by atoms with Gasteiger partial charge >= 0.3 is 5.97 Å². The summed E-state index contributed by atoms with van der Waals surface area (Å²) in [6.45, 7) is 0.995. The third kappa shape index (κ3) is 6.26. The molecule has 1 fully saturated rings. The number of carbonyl (C=O) groups is 2. The van der Waals surface area contributed by atoms with Crippen molar-refractivity contribution in [3.63, 3.8) is 0 Å². The van der Waals surface area contributed by atoms with Gasteiger partial charge in [0.05, 0.1) is 7.11 Å². The highest BCUT2D eigenvalue weighted by molar-refractivity contribution is 6.17. The van der Waals surface area contributed by atoms with E-state index in [0.29, 0.717) is 48.6 Å². The molecule has 1 unspecified atom stereocenters. The summed E-state index contributed by atoms with van der Waals surface area (Å²) in [7, 11) is 4.87. The number of rotatable bonds is 8. The standard InChI is InChI=1S/C28H30BFN4O4/c1-31-24-7-5-21(17-33-24)20-4-6-22(23(30)16-20)27(29)34(28(36)19-10-13-38-14-11-19)25-15-18(9-12-32-25)3-8-26(35)37-2/h3-9,12,15-17,19,27H,10-11,13-14,29H2,1-2H3,(H,31,33)/b8-3+. The van der Waals surface area contributed by atoms with Crippen molar-refractivity contribution in [3.05, 3.63) is 77.9 Å². The topological polar surface area (TPSA) is 93.7 Å². The molecule has 1 atom stereocenters. The molecule has 1 aliphatic rings. The Morgan fingerprint density at radius 2 is 1.92 bits per heavy atom. The molecule has 0 aliphatic carbocycles. The molecule has 0 spiro atoms. The van der Waals surface area contributed by atoms with Crippen molar-refractivity contribution in [2.75, 3.05) is 37.6 Å². The molecule has 0 saturated carbocycles. The van der Waals surface area contributed by atoms with Crippen molar-refractivity contribution in [1.82, 2.24) is 9.97 Å². The number of pyridine rings is 2. The van der Waals surface area contributed by atoms with Crippen LogP contribution in [0.2, 0.25) is 0 Å². The molecule has 2 aromatic heterocycles. The lowest BCUT2D eigenvalue weighted by Crippen LogP contribution is -2.42. The normalized spacial score (nSPS) is 14.7. The van der Waals surface area contributed by atoms with Gasteiger partial charge in [-0.3, -0.25) is 9.69 Å². The number of aromatic nitrogens is 2. The van der Waals surface area contributed by atoms with Crippen LogP contribution in [0.15, 0.2) is 60.9 Å². The summed E-state index contributed by atoms with van der Waals surface area (Å²) in [6, 6.07) is 12.1. The molecule has 0 radical (unpaired) electrons. The van der Waals surface area contributed by atoms with Gasteiger partial charge in [-0.15, -0.1) is 0 Å². The number of benzene rings is 1. The van der Waals surface area contributed by atoms with Crippen LogP contribution in [0.4, 0.5) is 16.0 Å². The van der Waals surface area contributed by atoms with Gasteiger partial charge in [-0.05, 0) is 60.4 Å². The van der Waals surface area contributed by atoms with E-state index in [0.717, 1.165) is 11.4 Å². The van der Waals surface area contributed by atoms with Crippen LogP contribution in [0.1, 0.15) is 29.9 Å². The number of halogens is 1. The first-order valence-electron chi connectivity index (χ1n) is 12.5. The molecule has 1 saturated heterocycles. The largest absolute Gasteiger partial charge is 0.466 e. The molecule has 1 aromatic carbocycles. The number of anilines is 2.